The number of rotatable bonds is 3. The normalized spacial score (nSPS) is 16.3. The highest BCUT2D eigenvalue weighted by molar-refractivity contribution is 6.33. The van der Waals surface area contributed by atoms with E-state index in [4.69, 9.17) is 16.0 Å². The van der Waals surface area contributed by atoms with Crippen molar-refractivity contribution in [2.24, 2.45) is 0 Å². The molecule has 0 spiro atoms. The van der Waals surface area contributed by atoms with Gasteiger partial charge >= 0.3 is 5.63 Å². The van der Waals surface area contributed by atoms with Gasteiger partial charge in [-0.2, -0.15) is 0 Å². The van der Waals surface area contributed by atoms with Crippen molar-refractivity contribution >= 4 is 22.6 Å². The van der Waals surface area contributed by atoms with E-state index in [2.05, 4.69) is 11.9 Å². The third kappa shape index (κ3) is 3.24. The summed E-state index contributed by atoms with van der Waals surface area (Å²) in [7, 11) is 2.05. The number of aromatic hydroxyl groups is 1. The van der Waals surface area contributed by atoms with E-state index in [1.54, 1.807) is 6.07 Å². The molecule has 0 aliphatic heterocycles. The molecule has 2 aromatic rings. The molecule has 0 bridgehead atoms. The molecule has 5 heteroatoms. The van der Waals surface area contributed by atoms with Crippen LogP contribution in [0.15, 0.2) is 21.3 Å². The van der Waals surface area contributed by atoms with Crippen molar-refractivity contribution in [3.8, 4) is 5.75 Å². The molecule has 1 aliphatic carbocycles. The van der Waals surface area contributed by atoms with Gasteiger partial charge < -0.3 is 9.52 Å². The van der Waals surface area contributed by atoms with Crippen LogP contribution in [0.25, 0.3) is 11.0 Å². The summed E-state index contributed by atoms with van der Waals surface area (Å²) in [4.78, 5) is 14.0. The molecule has 23 heavy (non-hydrogen) atoms. The van der Waals surface area contributed by atoms with Gasteiger partial charge in [0.05, 0.1) is 10.6 Å². The maximum atomic E-state index is 11.7. The largest absolute Gasteiger partial charge is 0.506 e. The Labute approximate surface area is 140 Å². The lowest BCUT2D eigenvalue weighted by molar-refractivity contribution is 0.183. The van der Waals surface area contributed by atoms with E-state index in [-0.39, 0.29) is 5.75 Å². The van der Waals surface area contributed by atoms with Gasteiger partial charge in [-0.05, 0) is 38.4 Å². The van der Waals surface area contributed by atoms with Gasteiger partial charge in [-0.1, -0.05) is 30.9 Å². The monoisotopic (exact) mass is 335 g/mol. The number of phenolic OH excluding ortho intramolecular Hbond substituents is 1. The van der Waals surface area contributed by atoms with Crippen LogP contribution in [-0.2, 0) is 6.54 Å². The Morgan fingerprint density at radius 1 is 1.30 bits per heavy atom. The molecule has 1 N–H and O–H groups in total. The quantitative estimate of drug-likeness (QED) is 0.853. The standard InChI is InChI=1S/C18H22ClNO3/c1-11-8-16(21)23-18-13(11)9-15(19)17(22)14(18)10-20(2)12-6-4-3-5-7-12/h8-9,12,22H,3-7,10H2,1-2H3. The average Bonchev–Trinajstić information content (AvgIpc) is 2.53. The molecule has 1 fully saturated rings. The second-order valence-corrected chi connectivity index (χ2v) is 6.92. The first-order chi connectivity index (χ1) is 11.0. The van der Waals surface area contributed by atoms with Crippen LogP contribution in [-0.4, -0.2) is 23.1 Å². The lowest BCUT2D eigenvalue weighted by Gasteiger charge is -2.31. The topological polar surface area (TPSA) is 53.7 Å². The first kappa shape index (κ1) is 16.3. The summed E-state index contributed by atoms with van der Waals surface area (Å²) in [6, 6.07) is 3.60. The van der Waals surface area contributed by atoms with Gasteiger partial charge in [0.1, 0.15) is 11.3 Å². The summed E-state index contributed by atoms with van der Waals surface area (Å²) in [6.07, 6.45) is 6.11. The van der Waals surface area contributed by atoms with Crippen LogP contribution in [0.3, 0.4) is 0 Å². The maximum absolute atomic E-state index is 11.7. The van der Waals surface area contributed by atoms with Crippen LogP contribution in [0.5, 0.6) is 5.75 Å². The molecule has 0 atom stereocenters. The smallest absolute Gasteiger partial charge is 0.336 e. The van der Waals surface area contributed by atoms with Gasteiger partial charge in [0.15, 0.2) is 0 Å². The number of phenols is 1. The van der Waals surface area contributed by atoms with E-state index in [0.717, 1.165) is 10.9 Å². The van der Waals surface area contributed by atoms with Crippen LogP contribution in [0.1, 0.15) is 43.2 Å². The third-order valence-corrected chi connectivity index (χ3v) is 5.16. The number of hydrogen-bond donors (Lipinski definition) is 1. The number of fused-ring (bicyclic) bond motifs is 1. The second kappa shape index (κ2) is 6.54. The molecule has 1 aromatic carbocycles. The first-order valence-corrected chi connectivity index (χ1v) is 8.50. The van der Waals surface area contributed by atoms with E-state index < -0.39 is 5.63 Å². The van der Waals surface area contributed by atoms with E-state index >= 15 is 0 Å². The van der Waals surface area contributed by atoms with Crippen molar-refractivity contribution < 1.29 is 9.52 Å². The minimum atomic E-state index is -0.404. The Bertz CT molecular complexity index is 778. The van der Waals surface area contributed by atoms with Crippen molar-refractivity contribution in [2.75, 3.05) is 7.05 Å². The Morgan fingerprint density at radius 3 is 2.70 bits per heavy atom. The Hall–Kier alpha value is -1.52. The summed E-state index contributed by atoms with van der Waals surface area (Å²) in [6.45, 7) is 2.36. The Kier molecular flexibility index (Phi) is 4.64. The molecule has 0 unspecified atom stereocenters. The number of benzene rings is 1. The summed E-state index contributed by atoms with van der Waals surface area (Å²) >= 11 is 6.19. The zero-order valence-corrected chi connectivity index (χ0v) is 14.3. The molecule has 124 valence electrons. The molecule has 1 aliphatic rings. The highest BCUT2D eigenvalue weighted by Gasteiger charge is 2.22. The molecule has 1 heterocycles. The predicted octanol–water partition coefficient (Wildman–Crippen LogP) is 4.22. The number of nitrogens with zero attached hydrogens (tertiary/aromatic N) is 1. The molecule has 3 rings (SSSR count). The molecule has 0 saturated heterocycles. The van der Waals surface area contributed by atoms with Crippen molar-refractivity contribution in [2.45, 2.75) is 51.6 Å². The van der Waals surface area contributed by atoms with E-state index in [1.807, 2.05) is 6.92 Å². The van der Waals surface area contributed by atoms with Crippen molar-refractivity contribution in [1.29, 1.82) is 0 Å². The maximum Gasteiger partial charge on any atom is 0.336 e. The van der Waals surface area contributed by atoms with Gasteiger partial charge in [-0.3, -0.25) is 4.90 Å². The summed E-state index contributed by atoms with van der Waals surface area (Å²) in [5.74, 6) is 0.00979. The van der Waals surface area contributed by atoms with E-state index in [1.165, 1.54) is 38.2 Å². The fourth-order valence-electron chi connectivity index (χ4n) is 3.52. The van der Waals surface area contributed by atoms with Gasteiger partial charge in [-0.25, -0.2) is 4.79 Å². The zero-order valence-electron chi connectivity index (χ0n) is 13.6. The minimum Gasteiger partial charge on any atom is -0.506 e. The fourth-order valence-corrected chi connectivity index (χ4v) is 3.74. The lowest BCUT2D eigenvalue weighted by Crippen LogP contribution is -2.33. The van der Waals surface area contributed by atoms with Crippen molar-refractivity contribution in [1.82, 2.24) is 4.90 Å². The molecule has 0 amide bonds. The second-order valence-electron chi connectivity index (χ2n) is 6.52. The van der Waals surface area contributed by atoms with Crippen molar-refractivity contribution in [3.05, 3.63) is 38.7 Å². The van der Waals surface area contributed by atoms with E-state index in [9.17, 15) is 9.90 Å². The number of halogens is 1. The first-order valence-electron chi connectivity index (χ1n) is 8.12. The Balaban J connectivity index is 2.04. The summed E-state index contributed by atoms with van der Waals surface area (Å²) in [5.41, 5.74) is 1.44. The SMILES string of the molecule is Cc1cc(=O)oc2c(CN(C)C3CCCCC3)c(O)c(Cl)cc12. The highest BCUT2D eigenvalue weighted by Crippen LogP contribution is 2.36. The molecular weight excluding hydrogens is 314 g/mol. The predicted molar refractivity (Wildman–Crippen MR) is 92.2 cm³/mol. The van der Waals surface area contributed by atoms with Gasteiger partial charge in [0, 0.05) is 24.0 Å². The van der Waals surface area contributed by atoms with Crippen LogP contribution in [0, 0.1) is 6.92 Å². The van der Waals surface area contributed by atoms with Crippen LogP contribution < -0.4 is 5.63 Å². The van der Waals surface area contributed by atoms with Crippen molar-refractivity contribution in [3.63, 3.8) is 0 Å². The lowest BCUT2D eigenvalue weighted by atomic mass is 9.94. The number of hydrogen-bond acceptors (Lipinski definition) is 4. The average molecular weight is 336 g/mol. The van der Waals surface area contributed by atoms with E-state index in [0.29, 0.717) is 28.8 Å². The highest BCUT2D eigenvalue weighted by atomic mass is 35.5. The van der Waals surface area contributed by atoms with Gasteiger partial charge in [0.2, 0.25) is 0 Å². The molecule has 1 saturated carbocycles. The third-order valence-electron chi connectivity index (χ3n) is 4.87. The van der Waals surface area contributed by atoms with Gasteiger partial charge in [0.25, 0.3) is 0 Å². The van der Waals surface area contributed by atoms with Crippen LogP contribution in [0.4, 0.5) is 0 Å². The minimum absolute atomic E-state index is 0.00979. The summed E-state index contributed by atoms with van der Waals surface area (Å²) < 4.78 is 5.40. The molecule has 0 radical (unpaired) electrons. The molecule has 4 nitrogen and oxygen atoms in total. The fraction of sp³-hybridized carbons (Fsp3) is 0.500. The number of aryl methyl sites for hydroxylation is 1. The van der Waals surface area contributed by atoms with Crippen LogP contribution in [0.2, 0.25) is 5.02 Å². The zero-order chi connectivity index (χ0) is 16.6. The summed E-state index contributed by atoms with van der Waals surface area (Å²) in [5, 5.41) is 11.5. The van der Waals surface area contributed by atoms with Crippen LogP contribution >= 0.6 is 11.6 Å². The molecule has 1 aromatic heterocycles. The van der Waals surface area contributed by atoms with Gasteiger partial charge in [-0.15, -0.1) is 0 Å². The Morgan fingerprint density at radius 2 is 2.00 bits per heavy atom. The molecular formula is C18H22ClNO3.